The number of hydrogen-bond donors (Lipinski definition) is 0. The van der Waals surface area contributed by atoms with Crippen LogP contribution < -0.4 is 9.04 Å². The molecule has 0 atom stereocenters. The summed E-state index contributed by atoms with van der Waals surface area (Å²) in [5.41, 5.74) is 2.20. The molecule has 0 aliphatic rings. The number of rotatable bonds is 6. The molecular weight excluding hydrogens is 422 g/mol. The van der Waals surface area contributed by atoms with Gasteiger partial charge in [0.1, 0.15) is 5.75 Å². The molecule has 0 bridgehead atoms. The Hall–Kier alpha value is -3.90. The van der Waals surface area contributed by atoms with Gasteiger partial charge in [-0.25, -0.2) is 17.5 Å². The Kier molecular flexibility index (Phi) is 6.05. The number of anilines is 2. The standard InChI is InChI=1S/C26H21NO4S/c1-20-15-17-25(18-16-20)32(29,30)27(22-11-6-3-7-12-22)23-13-8-14-24(19-23)31-26(28)21-9-4-2-5-10-21/h2-19H,1H3. The predicted octanol–water partition coefficient (Wildman–Crippen LogP) is 5.74. The lowest BCUT2D eigenvalue weighted by Gasteiger charge is -2.25. The molecule has 32 heavy (non-hydrogen) atoms. The van der Waals surface area contributed by atoms with E-state index in [1.807, 2.05) is 19.1 Å². The zero-order valence-electron chi connectivity index (χ0n) is 17.4. The summed E-state index contributed by atoms with van der Waals surface area (Å²) in [6, 6.07) is 30.6. The van der Waals surface area contributed by atoms with Crippen molar-refractivity contribution >= 4 is 27.4 Å². The van der Waals surface area contributed by atoms with E-state index in [2.05, 4.69) is 0 Å². The lowest BCUT2D eigenvalue weighted by atomic mass is 10.2. The molecule has 6 heteroatoms. The molecule has 5 nitrogen and oxygen atoms in total. The van der Waals surface area contributed by atoms with E-state index in [4.69, 9.17) is 4.74 Å². The Morgan fingerprint density at radius 1 is 0.719 bits per heavy atom. The van der Waals surface area contributed by atoms with E-state index in [0.29, 0.717) is 16.9 Å². The molecule has 0 spiro atoms. The average molecular weight is 444 g/mol. The number of aryl methyl sites for hydroxylation is 1. The van der Waals surface area contributed by atoms with Crippen LogP contribution in [-0.4, -0.2) is 14.4 Å². The van der Waals surface area contributed by atoms with E-state index in [9.17, 15) is 13.2 Å². The molecule has 160 valence electrons. The van der Waals surface area contributed by atoms with Crippen LogP contribution in [0.2, 0.25) is 0 Å². The van der Waals surface area contributed by atoms with E-state index in [1.54, 1.807) is 97.1 Å². The summed E-state index contributed by atoms with van der Waals surface area (Å²) >= 11 is 0. The summed E-state index contributed by atoms with van der Waals surface area (Å²) in [5, 5.41) is 0. The van der Waals surface area contributed by atoms with Gasteiger partial charge in [-0.1, -0.05) is 60.2 Å². The van der Waals surface area contributed by atoms with Gasteiger partial charge in [-0.05, 0) is 55.5 Å². The molecule has 0 heterocycles. The number of carbonyl (C=O) groups is 1. The van der Waals surface area contributed by atoms with Crippen molar-refractivity contribution in [2.24, 2.45) is 0 Å². The number of esters is 1. The van der Waals surface area contributed by atoms with Crippen molar-refractivity contribution in [2.75, 3.05) is 4.31 Å². The smallest absolute Gasteiger partial charge is 0.343 e. The van der Waals surface area contributed by atoms with Crippen molar-refractivity contribution < 1.29 is 17.9 Å². The van der Waals surface area contributed by atoms with Gasteiger partial charge in [0.2, 0.25) is 0 Å². The van der Waals surface area contributed by atoms with E-state index < -0.39 is 16.0 Å². The van der Waals surface area contributed by atoms with Crippen molar-refractivity contribution in [3.8, 4) is 5.75 Å². The van der Waals surface area contributed by atoms with Crippen LogP contribution in [0.1, 0.15) is 15.9 Å². The van der Waals surface area contributed by atoms with Crippen LogP contribution in [0.4, 0.5) is 11.4 Å². The van der Waals surface area contributed by atoms with Crippen LogP contribution in [0.5, 0.6) is 5.75 Å². The quantitative estimate of drug-likeness (QED) is 0.282. The van der Waals surface area contributed by atoms with Gasteiger partial charge >= 0.3 is 5.97 Å². The molecule has 0 aliphatic heterocycles. The Bertz CT molecular complexity index is 1320. The highest BCUT2D eigenvalue weighted by molar-refractivity contribution is 7.93. The van der Waals surface area contributed by atoms with Crippen molar-refractivity contribution in [3.05, 3.63) is 120 Å². The topological polar surface area (TPSA) is 63.7 Å². The van der Waals surface area contributed by atoms with Gasteiger partial charge in [0.15, 0.2) is 0 Å². The SMILES string of the molecule is Cc1ccc(S(=O)(=O)N(c2ccccc2)c2cccc(OC(=O)c3ccccc3)c2)cc1. The lowest BCUT2D eigenvalue weighted by Crippen LogP contribution is -2.26. The molecule has 0 fully saturated rings. The highest BCUT2D eigenvalue weighted by atomic mass is 32.2. The summed E-state index contributed by atoms with van der Waals surface area (Å²) in [4.78, 5) is 12.6. The molecule has 4 rings (SSSR count). The summed E-state index contributed by atoms with van der Waals surface area (Å²) < 4.78 is 34.0. The molecule has 0 saturated heterocycles. The highest BCUT2D eigenvalue weighted by Gasteiger charge is 2.27. The van der Waals surface area contributed by atoms with Crippen LogP contribution in [0.15, 0.2) is 114 Å². The van der Waals surface area contributed by atoms with E-state index in [0.717, 1.165) is 5.56 Å². The molecule has 0 N–H and O–H groups in total. The molecule has 0 saturated carbocycles. The first-order chi connectivity index (χ1) is 15.4. The zero-order chi connectivity index (χ0) is 22.6. The number of benzene rings is 4. The van der Waals surface area contributed by atoms with Crippen LogP contribution in [0, 0.1) is 6.92 Å². The number of para-hydroxylation sites is 1. The molecule has 0 amide bonds. The third kappa shape index (κ3) is 4.55. The van der Waals surface area contributed by atoms with Gasteiger partial charge in [-0.15, -0.1) is 0 Å². The Morgan fingerprint density at radius 2 is 1.31 bits per heavy atom. The van der Waals surface area contributed by atoms with Gasteiger partial charge in [-0.3, -0.25) is 0 Å². The molecule has 0 aromatic heterocycles. The van der Waals surface area contributed by atoms with Crippen LogP contribution in [0.25, 0.3) is 0 Å². The second-order valence-corrected chi connectivity index (χ2v) is 8.96. The van der Waals surface area contributed by atoms with Gasteiger partial charge in [-0.2, -0.15) is 0 Å². The van der Waals surface area contributed by atoms with Crippen molar-refractivity contribution in [1.82, 2.24) is 0 Å². The number of carbonyl (C=O) groups excluding carboxylic acids is 1. The Morgan fingerprint density at radius 3 is 1.97 bits per heavy atom. The maximum Gasteiger partial charge on any atom is 0.343 e. The van der Waals surface area contributed by atoms with Crippen LogP contribution >= 0.6 is 0 Å². The maximum atomic E-state index is 13.6. The normalized spacial score (nSPS) is 11.0. The minimum Gasteiger partial charge on any atom is -0.423 e. The number of hydrogen-bond acceptors (Lipinski definition) is 4. The number of ether oxygens (including phenoxy) is 1. The zero-order valence-corrected chi connectivity index (χ0v) is 18.2. The maximum absolute atomic E-state index is 13.6. The second kappa shape index (κ2) is 9.08. The average Bonchev–Trinajstić information content (AvgIpc) is 2.81. The van der Waals surface area contributed by atoms with E-state index >= 15 is 0 Å². The summed E-state index contributed by atoms with van der Waals surface area (Å²) in [6.45, 7) is 1.90. The fourth-order valence-corrected chi connectivity index (χ4v) is 4.70. The first-order valence-electron chi connectivity index (χ1n) is 9.99. The summed E-state index contributed by atoms with van der Waals surface area (Å²) in [7, 11) is -3.93. The molecule has 0 aliphatic carbocycles. The summed E-state index contributed by atoms with van der Waals surface area (Å²) in [6.07, 6.45) is 0. The van der Waals surface area contributed by atoms with E-state index in [1.165, 1.54) is 4.31 Å². The Labute approximate surface area is 187 Å². The molecule has 4 aromatic carbocycles. The molecule has 0 radical (unpaired) electrons. The van der Waals surface area contributed by atoms with Crippen molar-refractivity contribution in [1.29, 1.82) is 0 Å². The van der Waals surface area contributed by atoms with E-state index in [-0.39, 0.29) is 10.6 Å². The number of sulfonamides is 1. The first kappa shape index (κ1) is 21.3. The fourth-order valence-electron chi connectivity index (χ4n) is 3.22. The Balaban J connectivity index is 1.75. The largest absolute Gasteiger partial charge is 0.423 e. The predicted molar refractivity (Wildman–Crippen MR) is 125 cm³/mol. The molecule has 4 aromatic rings. The van der Waals surface area contributed by atoms with Crippen molar-refractivity contribution in [3.63, 3.8) is 0 Å². The van der Waals surface area contributed by atoms with Gasteiger partial charge in [0, 0.05) is 6.07 Å². The fraction of sp³-hybridized carbons (Fsp3) is 0.0385. The minimum atomic E-state index is -3.93. The molecule has 0 unspecified atom stereocenters. The van der Waals surface area contributed by atoms with Crippen molar-refractivity contribution in [2.45, 2.75) is 11.8 Å². The van der Waals surface area contributed by atoms with Gasteiger partial charge < -0.3 is 4.74 Å². The van der Waals surface area contributed by atoms with Gasteiger partial charge in [0.25, 0.3) is 10.0 Å². The number of nitrogens with zero attached hydrogens (tertiary/aromatic N) is 1. The third-order valence-electron chi connectivity index (χ3n) is 4.82. The molecular formula is C26H21NO4S. The lowest BCUT2D eigenvalue weighted by molar-refractivity contribution is 0.0735. The highest BCUT2D eigenvalue weighted by Crippen LogP contribution is 2.34. The first-order valence-corrected chi connectivity index (χ1v) is 11.4. The van der Waals surface area contributed by atoms with Gasteiger partial charge in [0.05, 0.1) is 21.8 Å². The van der Waals surface area contributed by atoms with Crippen LogP contribution in [-0.2, 0) is 10.0 Å². The second-order valence-electron chi connectivity index (χ2n) is 7.17. The third-order valence-corrected chi connectivity index (χ3v) is 6.59. The van der Waals surface area contributed by atoms with Crippen LogP contribution in [0.3, 0.4) is 0 Å². The monoisotopic (exact) mass is 443 g/mol. The minimum absolute atomic E-state index is 0.165. The summed E-state index contributed by atoms with van der Waals surface area (Å²) in [5.74, 6) is -0.271.